The van der Waals surface area contributed by atoms with Gasteiger partial charge in [0.25, 0.3) is 5.91 Å². The molecule has 4 heterocycles. The molecule has 7 nitrogen and oxygen atoms in total. The van der Waals surface area contributed by atoms with E-state index in [1.807, 2.05) is 16.8 Å². The lowest BCUT2D eigenvalue weighted by Crippen LogP contribution is -2.18. The predicted octanol–water partition coefficient (Wildman–Crippen LogP) is 4.48. The lowest BCUT2D eigenvalue weighted by atomic mass is 10.3. The summed E-state index contributed by atoms with van der Waals surface area (Å²) >= 11 is 4.32. The second kappa shape index (κ2) is 8.05. The zero-order valence-corrected chi connectivity index (χ0v) is 17.0. The summed E-state index contributed by atoms with van der Waals surface area (Å²) in [6.07, 6.45) is 0. The number of thiazole rings is 2. The third-order valence-corrected chi connectivity index (χ3v) is 5.99. The minimum Gasteiger partial charge on any atom is -0.458 e. The van der Waals surface area contributed by atoms with E-state index in [0.29, 0.717) is 34.6 Å². The van der Waals surface area contributed by atoms with Crippen molar-refractivity contribution in [3.8, 4) is 22.0 Å². The average Bonchev–Trinajstić information content (AvgIpc) is 3.46. The van der Waals surface area contributed by atoms with E-state index < -0.39 is 0 Å². The summed E-state index contributed by atoms with van der Waals surface area (Å²) in [5.41, 5.74) is 1.99. The Bertz CT molecular complexity index is 1110. The van der Waals surface area contributed by atoms with Crippen molar-refractivity contribution in [2.24, 2.45) is 0 Å². The first-order chi connectivity index (χ1) is 13.6. The zero-order valence-electron chi connectivity index (χ0n) is 14.6. The van der Waals surface area contributed by atoms with Gasteiger partial charge in [0.2, 0.25) is 5.91 Å². The number of furan rings is 1. The highest BCUT2D eigenvalue weighted by Gasteiger charge is 2.15. The standard InChI is InChI=1S/C18H14N4O3S3/c1-10(23)19-6-12-2-3-15(25-12)13-8-28-18(21-13)22-16(24)14-9-27-17(20-14)11-4-5-26-7-11/h2-5,7-9H,6H2,1H3,(H,19,23)(H,21,22,24). The molecule has 0 fully saturated rings. The van der Waals surface area contributed by atoms with Crippen LogP contribution in [0.2, 0.25) is 0 Å². The van der Waals surface area contributed by atoms with E-state index in [-0.39, 0.29) is 11.8 Å². The molecule has 0 saturated heterocycles. The molecule has 4 aromatic heterocycles. The molecule has 142 valence electrons. The van der Waals surface area contributed by atoms with Crippen molar-refractivity contribution >= 4 is 51.0 Å². The highest BCUT2D eigenvalue weighted by atomic mass is 32.1. The average molecular weight is 431 g/mol. The maximum atomic E-state index is 12.4. The van der Waals surface area contributed by atoms with Gasteiger partial charge in [0.05, 0.1) is 6.54 Å². The lowest BCUT2D eigenvalue weighted by molar-refractivity contribution is -0.119. The van der Waals surface area contributed by atoms with Crippen LogP contribution in [-0.4, -0.2) is 21.8 Å². The molecule has 2 amide bonds. The highest BCUT2D eigenvalue weighted by Crippen LogP contribution is 2.28. The van der Waals surface area contributed by atoms with Crippen LogP contribution in [0.4, 0.5) is 5.13 Å². The molecule has 10 heteroatoms. The van der Waals surface area contributed by atoms with Gasteiger partial charge >= 0.3 is 0 Å². The number of rotatable bonds is 6. The van der Waals surface area contributed by atoms with Crippen LogP contribution in [0, 0.1) is 0 Å². The second-order valence-corrected chi connectivity index (χ2v) is 8.21. The summed E-state index contributed by atoms with van der Waals surface area (Å²) in [6, 6.07) is 5.54. The number of thiophene rings is 1. The first-order valence-corrected chi connectivity index (χ1v) is 10.9. The lowest BCUT2D eigenvalue weighted by Gasteiger charge is -1.98. The molecule has 0 bridgehead atoms. The van der Waals surface area contributed by atoms with Crippen molar-refractivity contribution in [3.05, 3.63) is 51.2 Å². The van der Waals surface area contributed by atoms with E-state index >= 15 is 0 Å². The summed E-state index contributed by atoms with van der Waals surface area (Å²) < 4.78 is 5.67. The van der Waals surface area contributed by atoms with E-state index in [9.17, 15) is 9.59 Å². The van der Waals surface area contributed by atoms with Crippen LogP contribution in [0.1, 0.15) is 23.2 Å². The largest absolute Gasteiger partial charge is 0.458 e. The van der Waals surface area contributed by atoms with Crippen molar-refractivity contribution in [3.63, 3.8) is 0 Å². The van der Waals surface area contributed by atoms with Crippen LogP contribution in [-0.2, 0) is 11.3 Å². The molecular formula is C18H14N4O3S3. The maximum absolute atomic E-state index is 12.4. The van der Waals surface area contributed by atoms with Crippen LogP contribution >= 0.6 is 34.0 Å². The quantitative estimate of drug-likeness (QED) is 0.470. The molecule has 0 atom stereocenters. The Morgan fingerprint density at radius 3 is 2.79 bits per heavy atom. The SMILES string of the molecule is CC(=O)NCc1ccc(-c2csc(NC(=O)c3csc(-c4ccsc4)n3)n2)o1. The van der Waals surface area contributed by atoms with Crippen LogP contribution in [0.3, 0.4) is 0 Å². The van der Waals surface area contributed by atoms with E-state index in [2.05, 4.69) is 20.6 Å². The summed E-state index contributed by atoms with van der Waals surface area (Å²) in [6.45, 7) is 1.77. The number of hydrogen-bond donors (Lipinski definition) is 2. The first-order valence-electron chi connectivity index (χ1n) is 8.17. The van der Waals surface area contributed by atoms with Crippen LogP contribution in [0.15, 0.2) is 44.1 Å². The fraction of sp³-hybridized carbons (Fsp3) is 0.111. The normalized spacial score (nSPS) is 10.8. The molecule has 2 N–H and O–H groups in total. The van der Waals surface area contributed by atoms with Gasteiger partial charge in [-0.2, -0.15) is 11.3 Å². The van der Waals surface area contributed by atoms with Gasteiger partial charge in [-0.1, -0.05) is 0 Å². The van der Waals surface area contributed by atoms with Crippen molar-refractivity contribution in [2.45, 2.75) is 13.5 Å². The maximum Gasteiger partial charge on any atom is 0.276 e. The molecule has 4 rings (SSSR count). The number of carbonyl (C=O) groups excluding carboxylic acids is 2. The molecule has 0 spiro atoms. The summed E-state index contributed by atoms with van der Waals surface area (Å²) in [7, 11) is 0. The Morgan fingerprint density at radius 1 is 1.11 bits per heavy atom. The monoisotopic (exact) mass is 430 g/mol. The van der Waals surface area contributed by atoms with E-state index in [4.69, 9.17) is 4.42 Å². The number of amides is 2. The van der Waals surface area contributed by atoms with Gasteiger partial charge in [-0.3, -0.25) is 14.9 Å². The van der Waals surface area contributed by atoms with Crippen LogP contribution in [0.5, 0.6) is 0 Å². The topological polar surface area (TPSA) is 97.1 Å². The van der Waals surface area contributed by atoms with Gasteiger partial charge in [0.1, 0.15) is 22.2 Å². The Balaban J connectivity index is 1.42. The van der Waals surface area contributed by atoms with Crippen molar-refractivity contribution in [1.29, 1.82) is 0 Å². The summed E-state index contributed by atoms with van der Waals surface area (Å²) in [5, 5.41) is 14.2. The first kappa shape index (κ1) is 18.5. The third-order valence-electron chi connectivity index (χ3n) is 3.66. The molecule has 0 unspecified atom stereocenters. The van der Waals surface area contributed by atoms with E-state index in [1.54, 1.807) is 34.2 Å². The number of aromatic nitrogens is 2. The fourth-order valence-corrected chi connectivity index (χ4v) is 4.53. The molecule has 4 aromatic rings. The third kappa shape index (κ3) is 4.19. The van der Waals surface area contributed by atoms with Gasteiger partial charge in [0.15, 0.2) is 10.9 Å². The van der Waals surface area contributed by atoms with Crippen molar-refractivity contribution < 1.29 is 14.0 Å². The molecule has 28 heavy (non-hydrogen) atoms. The predicted molar refractivity (Wildman–Crippen MR) is 111 cm³/mol. The minimum absolute atomic E-state index is 0.124. The minimum atomic E-state index is -0.301. The van der Waals surface area contributed by atoms with Crippen molar-refractivity contribution in [2.75, 3.05) is 5.32 Å². The summed E-state index contributed by atoms with van der Waals surface area (Å²) in [5.74, 6) is 0.781. The fourth-order valence-electron chi connectivity index (χ4n) is 2.32. The molecular weight excluding hydrogens is 416 g/mol. The number of anilines is 1. The van der Waals surface area contributed by atoms with Crippen molar-refractivity contribution in [1.82, 2.24) is 15.3 Å². The molecule has 0 aliphatic carbocycles. The number of nitrogens with zero attached hydrogens (tertiary/aromatic N) is 2. The Labute approximate surface area is 172 Å². The molecule has 0 aliphatic heterocycles. The smallest absolute Gasteiger partial charge is 0.276 e. The second-order valence-electron chi connectivity index (χ2n) is 5.72. The van der Waals surface area contributed by atoms with Gasteiger partial charge < -0.3 is 9.73 Å². The Morgan fingerprint density at radius 2 is 2.00 bits per heavy atom. The molecule has 0 aliphatic rings. The number of carbonyl (C=O) groups is 2. The van der Waals surface area contributed by atoms with Gasteiger partial charge in [-0.05, 0) is 23.6 Å². The zero-order chi connectivity index (χ0) is 19.5. The van der Waals surface area contributed by atoms with Crippen LogP contribution in [0.25, 0.3) is 22.0 Å². The van der Waals surface area contributed by atoms with Gasteiger partial charge in [0, 0.05) is 28.6 Å². The highest BCUT2D eigenvalue weighted by molar-refractivity contribution is 7.14. The summed E-state index contributed by atoms with van der Waals surface area (Å²) in [4.78, 5) is 32.2. The van der Waals surface area contributed by atoms with Gasteiger partial charge in [-0.15, -0.1) is 22.7 Å². The Kier molecular flexibility index (Phi) is 5.33. The van der Waals surface area contributed by atoms with Gasteiger partial charge in [-0.25, -0.2) is 9.97 Å². The molecule has 0 radical (unpaired) electrons. The number of nitrogens with one attached hydrogen (secondary N) is 2. The Hall–Kier alpha value is -2.82. The van der Waals surface area contributed by atoms with Crippen LogP contribution < -0.4 is 10.6 Å². The number of hydrogen-bond acceptors (Lipinski definition) is 8. The van der Waals surface area contributed by atoms with E-state index in [1.165, 1.54) is 29.6 Å². The van der Waals surface area contributed by atoms with E-state index in [0.717, 1.165) is 10.6 Å². The molecule has 0 saturated carbocycles. The molecule has 0 aromatic carbocycles.